The predicted octanol–water partition coefficient (Wildman–Crippen LogP) is 11.9. The van der Waals surface area contributed by atoms with Crippen molar-refractivity contribution in [3.8, 4) is 0 Å². The van der Waals surface area contributed by atoms with Gasteiger partial charge in [-0.15, -0.1) is 24.8 Å². The summed E-state index contributed by atoms with van der Waals surface area (Å²) in [6.45, 7) is 9.68. The standard InChI is InChI=1S/2C17H17.C3H6.2ClH.Hf/c2*1-12(2)9-13-10-15-8-7-14-5-3-4-6-16(14)17(15)11-13;1-3-2;;;/h2*3-8,10-12H,9H2,1-2H3;1-3H2;2*1H;. The third kappa shape index (κ3) is 4.69. The average Bonchev–Trinajstić information content (AvgIpc) is 3.42. The van der Waals surface area contributed by atoms with E-state index in [0.717, 1.165) is 7.35 Å². The molecule has 1 fully saturated rings. The van der Waals surface area contributed by atoms with Gasteiger partial charge in [0, 0.05) is 0 Å². The van der Waals surface area contributed by atoms with Gasteiger partial charge in [-0.25, -0.2) is 0 Å². The molecule has 3 heteroatoms. The van der Waals surface area contributed by atoms with Crippen molar-refractivity contribution >= 4 is 58.5 Å². The SMILES string of the molecule is CC(C)CC1=Cc2c(ccc3ccccc23)[CH]1[Hf]1([CH]2C(CC(C)C)=Cc3c2ccc2ccccc32)[CH2]C[CH2]1.Cl.Cl. The van der Waals surface area contributed by atoms with Gasteiger partial charge in [0.05, 0.1) is 0 Å². The second kappa shape index (κ2) is 11.5. The molecule has 0 N–H and O–H groups in total. The zero-order valence-electron chi connectivity index (χ0n) is 24.2. The van der Waals surface area contributed by atoms with Crippen molar-refractivity contribution in [2.24, 2.45) is 11.8 Å². The fourth-order valence-corrected chi connectivity index (χ4v) is 30.9. The van der Waals surface area contributed by atoms with Crippen LogP contribution in [0.1, 0.15) is 76.6 Å². The number of benzene rings is 4. The summed E-state index contributed by atoms with van der Waals surface area (Å²) in [7, 11) is 0. The fourth-order valence-electron chi connectivity index (χ4n) is 8.37. The van der Waals surface area contributed by atoms with Crippen LogP contribution in [0.3, 0.4) is 0 Å². The summed E-state index contributed by atoms with van der Waals surface area (Å²) in [5, 5.41) is 5.72. The van der Waals surface area contributed by atoms with Gasteiger partial charge >= 0.3 is 234 Å². The molecule has 2 atom stereocenters. The summed E-state index contributed by atoms with van der Waals surface area (Å²) in [6.07, 6.45) is 9.28. The van der Waals surface area contributed by atoms with Crippen molar-refractivity contribution in [1.29, 1.82) is 0 Å². The van der Waals surface area contributed by atoms with Crippen LogP contribution in [0.5, 0.6) is 0 Å². The topological polar surface area (TPSA) is 0 Å². The van der Waals surface area contributed by atoms with E-state index in [-0.39, 0.29) is 24.8 Å². The molecule has 2 unspecified atom stereocenters. The van der Waals surface area contributed by atoms with Gasteiger partial charge in [-0.05, 0) is 0 Å². The van der Waals surface area contributed by atoms with E-state index in [2.05, 4.69) is 113 Å². The Kier molecular flexibility index (Phi) is 8.60. The molecule has 0 amide bonds. The Bertz CT molecular complexity index is 1510. The first-order valence-electron chi connectivity index (χ1n) is 14.9. The molecule has 0 spiro atoms. The monoisotopic (exact) mass is 736 g/mol. The van der Waals surface area contributed by atoms with Crippen molar-refractivity contribution in [3.63, 3.8) is 0 Å². The maximum atomic E-state index is 2.67. The molecule has 0 radical (unpaired) electrons. The molecular weight excluding hydrogens is 694 g/mol. The van der Waals surface area contributed by atoms with Crippen LogP contribution in [0.2, 0.25) is 8.35 Å². The maximum absolute atomic E-state index is 2.96. The first kappa shape index (κ1) is 29.8. The van der Waals surface area contributed by atoms with E-state index >= 15 is 0 Å². The van der Waals surface area contributed by atoms with Crippen LogP contribution >= 0.6 is 24.8 Å². The zero-order valence-corrected chi connectivity index (χ0v) is 29.5. The molecule has 7 rings (SSSR count). The van der Waals surface area contributed by atoms with E-state index in [1.165, 1.54) is 40.8 Å². The maximum Gasteiger partial charge on any atom is -0.147 e. The zero-order chi connectivity index (χ0) is 26.0. The number of rotatable bonds is 6. The van der Waals surface area contributed by atoms with Gasteiger partial charge in [0.1, 0.15) is 0 Å². The fraction of sp³-hybridized carbons (Fsp3) is 0.351. The van der Waals surface area contributed by atoms with Crippen LogP contribution in [0.25, 0.3) is 33.7 Å². The minimum atomic E-state index is -2.96. The molecule has 1 aliphatic heterocycles. The van der Waals surface area contributed by atoms with Crippen molar-refractivity contribution in [2.75, 3.05) is 0 Å². The summed E-state index contributed by atoms with van der Waals surface area (Å²) < 4.78 is 4.56. The number of hydrogen-bond acceptors (Lipinski definition) is 0. The number of allylic oxidation sites excluding steroid dienone is 2. The Balaban J connectivity index is 0.00000161. The molecule has 4 aromatic rings. The van der Waals surface area contributed by atoms with Crippen LogP contribution in [0.4, 0.5) is 0 Å². The van der Waals surface area contributed by atoms with Crippen LogP contribution in [-0.4, -0.2) is 0 Å². The summed E-state index contributed by atoms with van der Waals surface area (Å²) in [4.78, 5) is 0. The number of halogens is 2. The van der Waals surface area contributed by atoms with Crippen LogP contribution in [0.15, 0.2) is 83.9 Å². The van der Waals surface area contributed by atoms with Gasteiger partial charge < -0.3 is 0 Å². The molecule has 0 aromatic heterocycles. The first-order valence-corrected chi connectivity index (χ1v) is 24.1. The van der Waals surface area contributed by atoms with E-state index in [1.807, 2.05) is 0 Å². The summed E-state index contributed by atoms with van der Waals surface area (Å²) >= 11 is -2.96. The number of hydrogen-bond donors (Lipinski definition) is 0. The van der Waals surface area contributed by atoms with Gasteiger partial charge in [0.2, 0.25) is 0 Å². The van der Waals surface area contributed by atoms with Crippen molar-refractivity contribution in [1.82, 2.24) is 0 Å². The Hall–Kier alpha value is -1.67. The molecule has 0 nitrogen and oxygen atoms in total. The summed E-state index contributed by atoms with van der Waals surface area (Å²) in [5.74, 6) is 1.39. The molecule has 0 bridgehead atoms. The minimum Gasteiger partial charge on any atom is -0.147 e. The molecule has 3 aliphatic rings. The Labute approximate surface area is 257 Å². The number of fused-ring (bicyclic) bond motifs is 6. The normalized spacial score (nSPS) is 20.4. The molecule has 208 valence electrons. The van der Waals surface area contributed by atoms with E-state index in [1.54, 1.807) is 41.8 Å². The molecule has 1 heterocycles. The smallest absolute Gasteiger partial charge is 0.147 e. The summed E-state index contributed by atoms with van der Waals surface area (Å²) in [6, 6.07) is 28.1. The van der Waals surface area contributed by atoms with Crippen molar-refractivity contribution in [3.05, 3.63) is 106 Å². The van der Waals surface area contributed by atoms with Crippen molar-refractivity contribution < 1.29 is 20.0 Å². The molecule has 40 heavy (non-hydrogen) atoms. The van der Waals surface area contributed by atoms with E-state index in [0.29, 0.717) is 11.8 Å². The van der Waals surface area contributed by atoms with E-state index < -0.39 is 20.0 Å². The van der Waals surface area contributed by atoms with E-state index in [4.69, 9.17) is 0 Å². The van der Waals surface area contributed by atoms with Crippen LogP contribution < -0.4 is 0 Å². The second-order valence-corrected chi connectivity index (χ2v) is 29.8. The second-order valence-electron chi connectivity index (χ2n) is 13.2. The van der Waals surface area contributed by atoms with Gasteiger partial charge in [0.25, 0.3) is 0 Å². The van der Waals surface area contributed by atoms with E-state index in [9.17, 15) is 0 Å². The molecule has 1 saturated heterocycles. The van der Waals surface area contributed by atoms with Crippen LogP contribution in [0, 0.1) is 11.8 Å². The van der Waals surface area contributed by atoms with Gasteiger partial charge in [-0.1, -0.05) is 0 Å². The predicted molar refractivity (Wildman–Crippen MR) is 177 cm³/mol. The first-order chi connectivity index (χ1) is 18.5. The van der Waals surface area contributed by atoms with Crippen LogP contribution in [-0.2, 0) is 20.0 Å². The molecule has 0 saturated carbocycles. The molecule has 2 aliphatic carbocycles. The summed E-state index contributed by atoms with van der Waals surface area (Å²) in [5.41, 5.74) is 10.1. The molecule has 4 aromatic carbocycles. The largest absolute Gasteiger partial charge is 0.147 e. The Morgan fingerprint density at radius 3 is 1.40 bits per heavy atom. The molecular formula is C37H42Cl2Hf. The van der Waals surface area contributed by atoms with Gasteiger partial charge in [0.15, 0.2) is 0 Å². The van der Waals surface area contributed by atoms with Gasteiger partial charge in [-0.3, -0.25) is 0 Å². The van der Waals surface area contributed by atoms with Gasteiger partial charge in [-0.2, -0.15) is 0 Å². The quantitative estimate of drug-likeness (QED) is 0.173. The minimum absolute atomic E-state index is 0. The average molecular weight is 736 g/mol. The van der Waals surface area contributed by atoms with Crippen molar-refractivity contribution in [2.45, 2.75) is 62.7 Å². The Morgan fingerprint density at radius 2 is 1.02 bits per heavy atom. The third-order valence-electron chi connectivity index (χ3n) is 9.75. The Morgan fingerprint density at radius 1 is 0.600 bits per heavy atom. The third-order valence-corrected chi connectivity index (χ3v) is 32.1.